The van der Waals surface area contributed by atoms with Crippen molar-refractivity contribution in [1.82, 2.24) is 0 Å². The number of carbonyl (C=O) groups is 3. The molecule has 7 heteroatoms. The van der Waals surface area contributed by atoms with Gasteiger partial charge in [-0.15, -0.1) is 11.8 Å². The molecule has 0 bridgehead atoms. The number of thioether (sulfide) groups is 1. The van der Waals surface area contributed by atoms with Crippen LogP contribution in [0.15, 0.2) is 53.4 Å². The van der Waals surface area contributed by atoms with Gasteiger partial charge in [0, 0.05) is 28.9 Å². The van der Waals surface area contributed by atoms with E-state index in [4.69, 9.17) is 4.74 Å². The molecule has 1 atom stereocenters. The van der Waals surface area contributed by atoms with Crippen molar-refractivity contribution in [2.24, 2.45) is 0 Å². The van der Waals surface area contributed by atoms with Crippen LogP contribution in [0.1, 0.15) is 25.8 Å². The zero-order valence-electron chi connectivity index (χ0n) is 16.2. The molecule has 28 heavy (non-hydrogen) atoms. The van der Waals surface area contributed by atoms with Crippen molar-refractivity contribution in [3.8, 4) is 0 Å². The number of hydrogen-bond acceptors (Lipinski definition) is 5. The van der Waals surface area contributed by atoms with Gasteiger partial charge in [0.15, 0.2) is 6.10 Å². The fraction of sp³-hybridized carbons (Fsp3) is 0.286. The van der Waals surface area contributed by atoms with Gasteiger partial charge in [0.05, 0.1) is 6.42 Å². The minimum atomic E-state index is -0.896. The summed E-state index contributed by atoms with van der Waals surface area (Å²) < 4.78 is 5.20. The zero-order valence-corrected chi connectivity index (χ0v) is 17.0. The first-order valence-corrected chi connectivity index (χ1v) is 9.89. The molecule has 148 valence electrons. The zero-order chi connectivity index (χ0) is 20.5. The maximum absolute atomic E-state index is 12.2. The Morgan fingerprint density at radius 2 is 1.54 bits per heavy atom. The number of aryl methyl sites for hydroxylation is 1. The lowest BCUT2D eigenvalue weighted by molar-refractivity contribution is -0.152. The summed E-state index contributed by atoms with van der Waals surface area (Å²) in [5.74, 6) is -0.408. The topological polar surface area (TPSA) is 84.5 Å². The van der Waals surface area contributed by atoms with Crippen LogP contribution in [0, 0.1) is 6.92 Å². The van der Waals surface area contributed by atoms with Gasteiger partial charge in [0.2, 0.25) is 5.91 Å². The van der Waals surface area contributed by atoms with E-state index in [0.717, 1.165) is 4.90 Å². The standard InChI is InChI=1S/C21H24N2O4S/c1-14-4-10-19(11-5-14)28-13-12-20(25)27-15(2)21(26)23-18-8-6-17(7-9-18)22-16(3)24/h4-11,15H,12-13H2,1-3H3,(H,22,24)(H,23,26)/t15-/m1/s1. The largest absolute Gasteiger partial charge is 0.453 e. The molecule has 0 saturated heterocycles. The van der Waals surface area contributed by atoms with Crippen molar-refractivity contribution in [1.29, 1.82) is 0 Å². The van der Waals surface area contributed by atoms with Crippen LogP contribution in [0.25, 0.3) is 0 Å². The molecule has 2 N–H and O–H groups in total. The van der Waals surface area contributed by atoms with E-state index >= 15 is 0 Å². The molecule has 2 aromatic carbocycles. The van der Waals surface area contributed by atoms with E-state index in [1.165, 1.54) is 19.4 Å². The van der Waals surface area contributed by atoms with Gasteiger partial charge in [0.1, 0.15) is 0 Å². The highest BCUT2D eigenvalue weighted by molar-refractivity contribution is 7.99. The molecule has 0 fully saturated rings. The highest BCUT2D eigenvalue weighted by atomic mass is 32.2. The highest BCUT2D eigenvalue weighted by Gasteiger charge is 2.17. The summed E-state index contributed by atoms with van der Waals surface area (Å²) in [6, 6.07) is 14.8. The molecule has 0 aromatic heterocycles. The number of hydrogen-bond donors (Lipinski definition) is 2. The van der Waals surface area contributed by atoms with E-state index in [1.807, 2.05) is 31.2 Å². The van der Waals surface area contributed by atoms with Gasteiger partial charge in [-0.3, -0.25) is 14.4 Å². The number of anilines is 2. The predicted octanol–water partition coefficient (Wildman–Crippen LogP) is 4.01. The minimum Gasteiger partial charge on any atom is -0.453 e. The van der Waals surface area contributed by atoms with Crippen molar-refractivity contribution in [3.63, 3.8) is 0 Å². The molecule has 0 aliphatic heterocycles. The Morgan fingerprint density at radius 3 is 2.11 bits per heavy atom. The van der Waals surface area contributed by atoms with E-state index in [0.29, 0.717) is 17.1 Å². The Hall–Kier alpha value is -2.80. The Balaban J connectivity index is 1.74. The average Bonchev–Trinajstić information content (AvgIpc) is 2.64. The van der Waals surface area contributed by atoms with Crippen LogP contribution >= 0.6 is 11.8 Å². The van der Waals surface area contributed by atoms with E-state index in [1.54, 1.807) is 36.0 Å². The monoisotopic (exact) mass is 400 g/mol. The number of nitrogens with one attached hydrogen (secondary N) is 2. The summed E-state index contributed by atoms with van der Waals surface area (Å²) in [6.07, 6.45) is -0.673. The normalized spacial score (nSPS) is 11.4. The number of rotatable bonds is 8. The maximum Gasteiger partial charge on any atom is 0.307 e. The fourth-order valence-electron chi connectivity index (χ4n) is 2.28. The summed E-state index contributed by atoms with van der Waals surface area (Å²) >= 11 is 1.57. The van der Waals surface area contributed by atoms with E-state index in [2.05, 4.69) is 10.6 Å². The molecule has 6 nitrogen and oxygen atoms in total. The lowest BCUT2D eigenvalue weighted by atomic mass is 10.2. The van der Waals surface area contributed by atoms with Crippen LogP contribution in [0.2, 0.25) is 0 Å². The number of esters is 1. The molecule has 2 rings (SSSR count). The summed E-state index contributed by atoms with van der Waals surface area (Å²) in [5.41, 5.74) is 2.38. The van der Waals surface area contributed by atoms with Crippen LogP contribution in [-0.4, -0.2) is 29.6 Å². The average molecular weight is 401 g/mol. The Bertz CT molecular complexity index is 819. The van der Waals surface area contributed by atoms with Gasteiger partial charge in [-0.05, 0) is 50.2 Å². The van der Waals surface area contributed by atoms with E-state index in [9.17, 15) is 14.4 Å². The van der Waals surface area contributed by atoms with Crippen molar-refractivity contribution in [3.05, 3.63) is 54.1 Å². The van der Waals surface area contributed by atoms with Crippen LogP contribution < -0.4 is 10.6 Å². The van der Waals surface area contributed by atoms with Crippen molar-refractivity contribution < 1.29 is 19.1 Å². The third kappa shape index (κ3) is 7.44. The van der Waals surface area contributed by atoms with Crippen LogP contribution in [0.4, 0.5) is 11.4 Å². The molecular formula is C21H24N2O4S. The van der Waals surface area contributed by atoms with Crippen LogP contribution in [0.3, 0.4) is 0 Å². The molecule has 2 aromatic rings. The second-order valence-corrected chi connectivity index (χ2v) is 7.46. The quantitative estimate of drug-likeness (QED) is 0.517. The number of carbonyl (C=O) groups excluding carboxylic acids is 3. The summed E-state index contributed by atoms with van der Waals surface area (Å²) in [5, 5.41) is 5.33. The minimum absolute atomic E-state index is 0.169. The summed E-state index contributed by atoms with van der Waals surface area (Å²) in [7, 11) is 0. The maximum atomic E-state index is 12.2. The second kappa shape index (κ2) is 10.5. The third-order valence-electron chi connectivity index (χ3n) is 3.75. The molecule has 0 unspecified atom stereocenters. The first-order chi connectivity index (χ1) is 13.3. The van der Waals surface area contributed by atoms with Crippen molar-refractivity contribution in [2.45, 2.75) is 38.2 Å². The van der Waals surface area contributed by atoms with Crippen LogP contribution in [0.5, 0.6) is 0 Å². The fourth-order valence-corrected chi connectivity index (χ4v) is 3.11. The van der Waals surface area contributed by atoms with Gasteiger partial charge in [-0.25, -0.2) is 0 Å². The summed E-state index contributed by atoms with van der Waals surface area (Å²) in [6.45, 7) is 4.98. The molecule has 0 heterocycles. The predicted molar refractivity (Wildman–Crippen MR) is 111 cm³/mol. The molecule has 0 spiro atoms. The van der Waals surface area contributed by atoms with Gasteiger partial charge < -0.3 is 15.4 Å². The van der Waals surface area contributed by atoms with E-state index in [-0.39, 0.29) is 12.3 Å². The van der Waals surface area contributed by atoms with Gasteiger partial charge in [-0.1, -0.05) is 17.7 Å². The molecule has 0 aliphatic rings. The first-order valence-electron chi connectivity index (χ1n) is 8.91. The lowest BCUT2D eigenvalue weighted by Crippen LogP contribution is -2.30. The first kappa shape index (κ1) is 21.5. The number of ether oxygens (including phenoxy) is 1. The van der Waals surface area contributed by atoms with Crippen molar-refractivity contribution in [2.75, 3.05) is 16.4 Å². The lowest BCUT2D eigenvalue weighted by Gasteiger charge is -2.14. The summed E-state index contributed by atoms with van der Waals surface area (Å²) in [4.78, 5) is 36.2. The van der Waals surface area contributed by atoms with Gasteiger partial charge >= 0.3 is 5.97 Å². The van der Waals surface area contributed by atoms with Gasteiger partial charge in [0.25, 0.3) is 5.91 Å². The molecular weight excluding hydrogens is 376 g/mol. The number of benzene rings is 2. The SMILES string of the molecule is CC(=O)Nc1ccc(NC(=O)[C@@H](C)OC(=O)CCSc2ccc(C)cc2)cc1. The van der Waals surface area contributed by atoms with E-state index < -0.39 is 18.0 Å². The molecule has 0 radical (unpaired) electrons. The molecule has 2 amide bonds. The second-order valence-electron chi connectivity index (χ2n) is 6.29. The Labute approximate surface area is 169 Å². The Morgan fingerprint density at radius 1 is 0.964 bits per heavy atom. The van der Waals surface area contributed by atoms with Crippen molar-refractivity contribution >= 4 is 40.9 Å². The molecule has 0 saturated carbocycles. The Kier molecular flexibility index (Phi) is 8.07. The highest BCUT2D eigenvalue weighted by Crippen LogP contribution is 2.19. The number of amides is 2. The third-order valence-corrected chi connectivity index (χ3v) is 4.76. The van der Waals surface area contributed by atoms with Gasteiger partial charge in [-0.2, -0.15) is 0 Å². The molecule has 0 aliphatic carbocycles. The smallest absolute Gasteiger partial charge is 0.307 e. The van der Waals surface area contributed by atoms with Crippen LogP contribution in [-0.2, 0) is 19.1 Å².